The van der Waals surface area contributed by atoms with Crippen molar-refractivity contribution in [3.05, 3.63) is 23.8 Å². The minimum absolute atomic E-state index is 0.0790. The van der Waals surface area contributed by atoms with Crippen molar-refractivity contribution < 1.29 is 13.2 Å². The second-order valence-corrected chi connectivity index (χ2v) is 8.10. The van der Waals surface area contributed by atoms with E-state index < -0.39 is 9.84 Å². The third-order valence-electron chi connectivity index (χ3n) is 2.60. The maximum atomic E-state index is 11.7. The van der Waals surface area contributed by atoms with Crippen LogP contribution in [0.15, 0.2) is 18.2 Å². The van der Waals surface area contributed by atoms with Crippen LogP contribution in [0.4, 0.5) is 11.4 Å². The van der Waals surface area contributed by atoms with E-state index in [-0.39, 0.29) is 11.7 Å². The molecule has 0 atom stereocenters. The van der Waals surface area contributed by atoms with Crippen LogP contribution in [0.1, 0.15) is 12.0 Å². The number of benzene rings is 1. The molecule has 3 N–H and O–H groups in total. The molecule has 0 spiro atoms. The fourth-order valence-electron chi connectivity index (χ4n) is 1.52. The summed E-state index contributed by atoms with van der Waals surface area (Å²) in [5.74, 6) is 1.20. The molecule has 1 aromatic rings. The number of amides is 1. The highest BCUT2D eigenvalue weighted by Gasteiger charge is 2.06. The van der Waals surface area contributed by atoms with Crippen LogP contribution < -0.4 is 11.1 Å². The standard InChI is InChI=1S/C13H20N2O3S2/c1-10-9-11(14)3-4-12(10)15-13(16)5-6-19-7-8-20(2,17)18/h3-4,9H,5-8,14H2,1-2H3,(H,15,16). The first-order valence-electron chi connectivity index (χ1n) is 6.19. The fraction of sp³-hybridized carbons (Fsp3) is 0.462. The van der Waals surface area contributed by atoms with Crippen LogP contribution in [0.25, 0.3) is 0 Å². The number of rotatable bonds is 7. The number of sulfone groups is 1. The zero-order chi connectivity index (χ0) is 15.2. The van der Waals surface area contributed by atoms with E-state index in [1.165, 1.54) is 18.0 Å². The van der Waals surface area contributed by atoms with Gasteiger partial charge in [0, 0.05) is 35.6 Å². The molecular formula is C13H20N2O3S2. The quantitative estimate of drug-likeness (QED) is 0.590. The Labute approximate surface area is 124 Å². The number of aryl methyl sites for hydroxylation is 1. The van der Waals surface area contributed by atoms with Crippen LogP contribution in [-0.4, -0.2) is 37.8 Å². The summed E-state index contributed by atoms with van der Waals surface area (Å²) >= 11 is 1.47. The second kappa shape index (κ2) is 7.54. The lowest BCUT2D eigenvalue weighted by Gasteiger charge is -2.08. The second-order valence-electron chi connectivity index (χ2n) is 4.61. The molecule has 0 radical (unpaired) electrons. The lowest BCUT2D eigenvalue weighted by Crippen LogP contribution is -2.13. The van der Waals surface area contributed by atoms with E-state index in [0.717, 1.165) is 11.3 Å². The SMILES string of the molecule is Cc1cc(N)ccc1NC(=O)CCSCCS(C)(=O)=O. The highest BCUT2D eigenvalue weighted by Crippen LogP contribution is 2.18. The van der Waals surface area contributed by atoms with Crippen LogP contribution >= 0.6 is 11.8 Å². The van der Waals surface area contributed by atoms with Crippen LogP contribution in [0.5, 0.6) is 0 Å². The molecule has 5 nitrogen and oxygen atoms in total. The molecule has 0 aliphatic heterocycles. The van der Waals surface area contributed by atoms with Gasteiger partial charge in [-0.3, -0.25) is 4.79 Å². The molecule has 0 fully saturated rings. The molecule has 0 aliphatic rings. The monoisotopic (exact) mass is 316 g/mol. The number of hydrogen-bond acceptors (Lipinski definition) is 5. The van der Waals surface area contributed by atoms with Crippen LogP contribution in [0.3, 0.4) is 0 Å². The molecule has 1 aromatic carbocycles. The molecule has 20 heavy (non-hydrogen) atoms. The van der Waals surface area contributed by atoms with Gasteiger partial charge < -0.3 is 11.1 Å². The molecule has 0 unspecified atom stereocenters. The van der Waals surface area contributed by atoms with Gasteiger partial charge in [-0.05, 0) is 30.7 Å². The number of anilines is 2. The highest BCUT2D eigenvalue weighted by molar-refractivity contribution is 8.00. The summed E-state index contributed by atoms with van der Waals surface area (Å²) in [6.45, 7) is 1.88. The number of carbonyl (C=O) groups excluding carboxylic acids is 1. The molecule has 0 aliphatic carbocycles. The Morgan fingerprint density at radius 1 is 1.35 bits per heavy atom. The molecule has 1 amide bonds. The Morgan fingerprint density at radius 2 is 2.05 bits per heavy atom. The van der Waals surface area contributed by atoms with Crippen LogP contribution in [0.2, 0.25) is 0 Å². The Balaban J connectivity index is 2.30. The third kappa shape index (κ3) is 6.81. The van der Waals surface area contributed by atoms with Gasteiger partial charge in [0.25, 0.3) is 0 Å². The normalized spacial score (nSPS) is 11.3. The van der Waals surface area contributed by atoms with Gasteiger partial charge in [0.1, 0.15) is 9.84 Å². The van der Waals surface area contributed by atoms with Crippen molar-refractivity contribution in [2.75, 3.05) is 34.6 Å². The van der Waals surface area contributed by atoms with Gasteiger partial charge in [0.05, 0.1) is 5.75 Å². The van der Waals surface area contributed by atoms with E-state index in [1.807, 2.05) is 6.92 Å². The Morgan fingerprint density at radius 3 is 2.65 bits per heavy atom. The zero-order valence-electron chi connectivity index (χ0n) is 11.7. The van der Waals surface area contributed by atoms with Crippen molar-refractivity contribution in [3.8, 4) is 0 Å². The van der Waals surface area contributed by atoms with Gasteiger partial charge in [-0.25, -0.2) is 8.42 Å². The summed E-state index contributed by atoms with van der Waals surface area (Å²) < 4.78 is 21.9. The van der Waals surface area contributed by atoms with Crippen molar-refractivity contribution in [3.63, 3.8) is 0 Å². The van der Waals surface area contributed by atoms with Gasteiger partial charge in [-0.2, -0.15) is 11.8 Å². The Bertz CT molecular complexity index is 571. The average molecular weight is 316 g/mol. The van der Waals surface area contributed by atoms with E-state index in [4.69, 9.17) is 5.73 Å². The molecule has 0 bridgehead atoms. The predicted octanol–water partition coefficient (Wildman–Crippen LogP) is 1.68. The van der Waals surface area contributed by atoms with Crippen molar-refractivity contribution in [1.82, 2.24) is 0 Å². The fourth-order valence-corrected chi connectivity index (χ4v) is 3.73. The lowest BCUT2D eigenvalue weighted by atomic mass is 10.2. The summed E-state index contributed by atoms with van der Waals surface area (Å²) in [6, 6.07) is 5.32. The summed E-state index contributed by atoms with van der Waals surface area (Å²) in [4.78, 5) is 11.7. The van der Waals surface area contributed by atoms with E-state index in [2.05, 4.69) is 5.32 Å². The summed E-state index contributed by atoms with van der Waals surface area (Å²) in [7, 11) is -2.92. The minimum atomic E-state index is -2.92. The maximum Gasteiger partial charge on any atom is 0.225 e. The molecule has 0 saturated carbocycles. The number of carbonyl (C=O) groups is 1. The number of nitrogen functional groups attached to an aromatic ring is 1. The molecule has 0 aromatic heterocycles. The Hall–Kier alpha value is -1.21. The minimum Gasteiger partial charge on any atom is -0.399 e. The topological polar surface area (TPSA) is 89.3 Å². The first kappa shape index (κ1) is 16.8. The molecule has 1 rings (SSSR count). The smallest absolute Gasteiger partial charge is 0.225 e. The van der Waals surface area contributed by atoms with E-state index >= 15 is 0 Å². The molecule has 112 valence electrons. The number of hydrogen-bond donors (Lipinski definition) is 2. The van der Waals surface area contributed by atoms with Gasteiger partial charge in [0.2, 0.25) is 5.91 Å². The maximum absolute atomic E-state index is 11.7. The zero-order valence-corrected chi connectivity index (χ0v) is 13.3. The molecular weight excluding hydrogens is 296 g/mol. The first-order valence-corrected chi connectivity index (χ1v) is 9.41. The van der Waals surface area contributed by atoms with Crippen molar-refractivity contribution >= 4 is 38.9 Å². The Kier molecular flexibility index (Phi) is 6.35. The van der Waals surface area contributed by atoms with Gasteiger partial charge in [-0.1, -0.05) is 0 Å². The van der Waals surface area contributed by atoms with Crippen molar-refractivity contribution in [2.45, 2.75) is 13.3 Å². The summed E-state index contributed by atoms with van der Waals surface area (Å²) in [5, 5.41) is 2.82. The van der Waals surface area contributed by atoms with Crippen molar-refractivity contribution in [1.29, 1.82) is 0 Å². The molecule has 0 heterocycles. The predicted molar refractivity (Wildman–Crippen MR) is 85.9 cm³/mol. The van der Waals surface area contributed by atoms with Gasteiger partial charge in [-0.15, -0.1) is 0 Å². The lowest BCUT2D eigenvalue weighted by molar-refractivity contribution is -0.115. The third-order valence-corrected chi connectivity index (χ3v) is 4.79. The molecule has 0 saturated heterocycles. The highest BCUT2D eigenvalue weighted by atomic mass is 32.2. The van der Waals surface area contributed by atoms with E-state index in [0.29, 0.717) is 23.6 Å². The van der Waals surface area contributed by atoms with E-state index in [9.17, 15) is 13.2 Å². The molecule has 7 heteroatoms. The van der Waals surface area contributed by atoms with Gasteiger partial charge in [0.15, 0.2) is 0 Å². The van der Waals surface area contributed by atoms with Gasteiger partial charge >= 0.3 is 0 Å². The van der Waals surface area contributed by atoms with E-state index in [1.54, 1.807) is 18.2 Å². The number of nitrogens with two attached hydrogens (primary N) is 1. The first-order chi connectivity index (χ1) is 9.28. The largest absolute Gasteiger partial charge is 0.399 e. The number of nitrogens with one attached hydrogen (secondary N) is 1. The number of thioether (sulfide) groups is 1. The summed E-state index contributed by atoms with van der Waals surface area (Å²) in [5.41, 5.74) is 7.98. The van der Waals surface area contributed by atoms with Crippen molar-refractivity contribution in [2.24, 2.45) is 0 Å². The van der Waals surface area contributed by atoms with Crippen LogP contribution in [0, 0.1) is 6.92 Å². The average Bonchev–Trinajstić information content (AvgIpc) is 2.31. The summed E-state index contributed by atoms with van der Waals surface area (Å²) in [6.07, 6.45) is 1.57. The van der Waals surface area contributed by atoms with Crippen LogP contribution in [-0.2, 0) is 14.6 Å².